The predicted molar refractivity (Wildman–Crippen MR) is 60.6 cm³/mol. The minimum absolute atomic E-state index is 0.0905. The standard InChI is InChI=1S/C12H20N2O/c1-3-12(15)14-9-11-6-4-5-7-13(11)8-10(14)2/h3,10-11H,1,4-9H2,2H3. The van der Waals surface area contributed by atoms with Crippen molar-refractivity contribution in [3.63, 3.8) is 0 Å². The highest BCUT2D eigenvalue weighted by Gasteiger charge is 2.34. The van der Waals surface area contributed by atoms with Crippen LogP contribution in [0.4, 0.5) is 0 Å². The van der Waals surface area contributed by atoms with Crippen LogP contribution in [0, 0.1) is 0 Å². The molecule has 2 saturated heterocycles. The highest BCUT2D eigenvalue weighted by atomic mass is 16.2. The highest BCUT2D eigenvalue weighted by molar-refractivity contribution is 5.87. The molecule has 2 unspecified atom stereocenters. The molecule has 2 atom stereocenters. The molecule has 2 aliphatic rings. The number of amides is 1. The smallest absolute Gasteiger partial charge is 0.246 e. The quantitative estimate of drug-likeness (QED) is 0.606. The van der Waals surface area contributed by atoms with Crippen molar-refractivity contribution in [3.8, 4) is 0 Å². The van der Waals surface area contributed by atoms with Gasteiger partial charge in [0.15, 0.2) is 0 Å². The van der Waals surface area contributed by atoms with E-state index in [1.54, 1.807) is 0 Å². The van der Waals surface area contributed by atoms with E-state index in [4.69, 9.17) is 0 Å². The molecule has 2 rings (SSSR count). The van der Waals surface area contributed by atoms with Crippen molar-refractivity contribution < 1.29 is 4.79 Å². The Bertz CT molecular complexity index is 264. The first-order valence-electron chi connectivity index (χ1n) is 5.89. The van der Waals surface area contributed by atoms with Gasteiger partial charge in [-0.2, -0.15) is 0 Å². The number of piperazine rings is 1. The highest BCUT2D eigenvalue weighted by Crippen LogP contribution is 2.23. The van der Waals surface area contributed by atoms with Crippen LogP contribution in [-0.2, 0) is 4.79 Å². The Kier molecular flexibility index (Phi) is 3.10. The van der Waals surface area contributed by atoms with Crippen molar-refractivity contribution in [1.82, 2.24) is 9.80 Å². The lowest BCUT2D eigenvalue weighted by Crippen LogP contribution is -2.59. The average Bonchev–Trinajstić information content (AvgIpc) is 2.27. The number of rotatable bonds is 1. The van der Waals surface area contributed by atoms with E-state index in [1.165, 1.54) is 31.9 Å². The van der Waals surface area contributed by atoms with Crippen LogP contribution in [0.2, 0.25) is 0 Å². The average molecular weight is 208 g/mol. The van der Waals surface area contributed by atoms with Gasteiger partial charge in [0, 0.05) is 25.2 Å². The second-order valence-corrected chi connectivity index (χ2v) is 4.69. The summed E-state index contributed by atoms with van der Waals surface area (Å²) >= 11 is 0. The normalized spacial score (nSPS) is 32.2. The van der Waals surface area contributed by atoms with Crippen LogP contribution in [0.15, 0.2) is 12.7 Å². The van der Waals surface area contributed by atoms with Gasteiger partial charge in [-0.25, -0.2) is 0 Å². The fourth-order valence-electron chi connectivity index (χ4n) is 2.78. The zero-order valence-corrected chi connectivity index (χ0v) is 9.48. The molecular weight excluding hydrogens is 188 g/mol. The molecular formula is C12H20N2O. The molecule has 0 saturated carbocycles. The van der Waals surface area contributed by atoms with Crippen molar-refractivity contribution in [2.75, 3.05) is 19.6 Å². The summed E-state index contributed by atoms with van der Waals surface area (Å²) < 4.78 is 0. The molecule has 3 heteroatoms. The SMILES string of the molecule is C=CC(=O)N1CC2CCCCN2CC1C. The first-order valence-corrected chi connectivity index (χ1v) is 5.89. The minimum atomic E-state index is 0.0905. The van der Waals surface area contributed by atoms with E-state index < -0.39 is 0 Å². The Morgan fingerprint density at radius 3 is 2.93 bits per heavy atom. The van der Waals surface area contributed by atoms with Crippen LogP contribution in [0.1, 0.15) is 26.2 Å². The van der Waals surface area contributed by atoms with Crippen molar-refractivity contribution in [1.29, 1.82) is 0 Å². The Balaban J connectivity index is 2.04. The third-order valence-electron chi connectivity index (χ3n) is 3.65. The number of carbonyl (C=O) groups is 1. The van der Waals surface area contributed by atoms with Gasteiger partial charge in [0.1, 0.15) is 0 Å². The maximum Gasteiger partial charge on any atom is 0.246 e. The Morgan fingerprint density at radius 1 is 1.40 bits per heavy atom. The van der Waals surface area contributed by atoms with Crippen LogP contribution in [0.25, 0.3) is 0 Å². The summed E-state index contributed by atoms with van der Waals surface area (Å²) in [5, 5.41) is 0. The molecule has 2 fully saturated rings. The van der Waals surface area contributed by atoms with Gasteiger partial charge >= 0.3 is 0 Å². The molecule has 15 heavy (non-hydrogen) atoms. The van der Waals surface area contributed by atoms with Crippen LogP contribution < -0.4 is 0 Å². The summed E-state index contributed by atoms with van der Waals surface area (Å²) in [7, 11) is 0. The Labute approximate surface area is 91.7 Å². The summed E-state index contributed by atoms with van der Waals surface area (Å²) in [6.45, 7) is 8.84. The molecule has 2 aliphatic heterocycles. The summed E-state index contributed by atoms with van der Waals surface area (Å²) in [6.07, 6.45) is 5.31. The molecule has 0 N–H and O–H groups in total. The third-order valence-corrected chi connectivity index (χ3v) is 3.65. The second-order valence-electron chi connectivity index (χ2n) is 4.69. The van der Waals surface area contributed by atoms with E-state index in [2.05, 4.69) is 18.4 Å². The lowest BCUT2D eigenvalue weighted by molar-refractivity contribution is -0.132. The number of carbonyl (C=O) groups excluding carboxylic acids is 1. The molecule has 3 nitrogen and oxygen atoms in total. The van der Waals surface area contributed by atoms with Crippen LogP contribution in [0.3, 0.4) is 0 Å². The van der Waals surface area contributed by atoms with Crippen molar-refractivity contribution in [2.45, 2.75) is 38.3 Å². The summed E-state index contributed by atoms with van der Waals surface area (Å²) in [5.41, 5.74) is 0. The first-order chi connectivity index (χ1) is 7.22. The fraction of sp³-hybridized carbons (Fsp3) is 0.750. The third kappa shape index (κ3) is 2.07. The van der Waals surface area contributed by atoms with E-state index in [1.807, 2.05) is 4.90 Å². The van der Waals surface area contributed by atoms with Gasteiger partial charge in [-0.3, -0.25) is 9.69 Å². The summed E-state index contributed by atoms with van der Waals surface area (Å²) in [5.74, 6) is 0.0905. The number of hydrogen-bond donors (Lipinski definition) is 0. The number of fused-ring (bicyclic) bond motifs is 1. The zero-order valence-electron chi connectivity index (χ0n) is 9.48. The van der Waals surface area contributed by atoms with E-state index in [9.17, 15) is 4.79 Å². The molecule has 1 amide bonds. The molecule has 2 heterocycles. The van der Waals surface area contributed by atoms with Crippen molar-refractivity contribution >= 4 is 5.91 Å². The van der Waals surface area contributed by atoms with Crippen molar-refractivity contribution in [2.24, 2.45) is 0 Å². The molecule has 0 radical (unpaired) electrons. The summed E-state index contributed by atoms with van der Waals surface area (Å²) in [4.78, 5) is 16.2. The number of piperidine rings is 1. The van der Waals surface area contributed by atoms with Gasteiger partial charge < -0.3 is 4.90 Å². The first kappa shape index (κ1) is 10.7. The van der Waals surface area contributed by atoms with Crippen LogP contribution >= 0.6 is 0 Å². The minimum Gasteiger partial charge on any atom is -0.334 e. The molecule has 0 spiro atoms. The maximum atomic E-state index is 11.6. The largest absolute Gasteiger partial charge is 0.334 e. The van der Waals surface area contributed by atoms with Gasteiger partial charge in [-0.15, -0.1) is 0 Å². The van der Waals surface area contributed by atoms with Gasteiger partial charge in [0.05, 0.1) is 0 Å². The second kappa shape index (κ2) is 4.35. The van der Waals surface area contributed by atoms with Gasteiger partial charge in [-0.05, 0) is 32.4 Å². The lowest BCUT2D eigenvalue weighted by Gasteiger charge is -2.47. The number of nitrogens with zero attached hydrogens (tertiary/aromatic N) is 2. The van der Waals surface area contributed by atoms with Gasteiger partial charge in [0.25, 0.3) is 0 Å². The molecule has 0 bridgehead atoms. The van der Waals surface area contributed by atoms with Crippen LogP contribution in [0.5, 0.6) is 0 Å². The summed E-state index contributed by atoms with van der Waals surface area (Å²) in [6, 6.07) is 0.934. The van der Waals surface area contributed by atoms with E-state index >= 15 is 0 Å². The maximum absolute atomic E-state index is 11.6. The molecule has 0 aliphatic carbocycles. The Morgan fingerprint density at radius 2 is 2.20 bits per heavy atom. The van der Waals surface area contributed by atoms with E-state index in [0.29, 0.717) is 12.1 Å². The molecule has 0 aromatic carbocycles. The topological polar surface area (TPSA) is 23.6 Å². The van der Waals surface area contributed by atoms with Crippen molar-refractivity contribution in [3.05, 3.63) is 12.7 Å². The molecule has 0 aromatic rings. The number of hydrogen-bond acceptors (Lipinski definition) is 2. The fourth-order valence-corrected chi connectivity index (χ4v) is 2.78. The zero-order chi connectivity index (χ0) is 10.8. The van der Waals surface area contributed by atoms with Gasteiger partial charge in [0.2, 0.25) is 5.91 Å². The lowest BCUT2D eigenvalue weighted by atomic mass is 9.97. The Hall–Kier alpha value is -0.830. The molecule has 84 valence electrons. The van der Waals surface area contributed by atoms with E-state index in [-0.39, 0.29) is 5.91 Å². The monoisotopic (exact) mass is 208 g/mol. The van der Waals surface area contributed by atoms with Gasteiger partial charge in [-0.1, -0.05) is 13.0 Å². The van der Waals surface area contributed by atoms with E-state index in [0.717, 1.165) is 13.1 Å². The molecule has 0 aromatic heterocycles. The predicted octanol–water partition coefficient (Wildman–Crippen LogP) is 1.26. The van der Waals surface area contributed by atoms with Crippen LogP contribution in [-0.4, -0.2) is 47.4 Å².